The van der Waals surface area contributed by atoms with Crippen molar-refractivity contribution in [3.63, 3.8) is 0 Å². The fraction of sp³-hybridized carbons (Fsp3) is 0.727. The zero-order chi connectivity index (χ0) is 10.6. The highest BCUT2D eigenvalue weighted by Crippen LogP contribution is 2.16. The van der Waals surface area contributed by atoms with Gasteiger partial charge in [-0.15, -0.1) is 0 Å². The summed E-state index contributed by atoms with van der Waals surface area (Å²) in [6.45, 7) is 8.63. The van der Waals surface area contributed by atoms with E-state index in [0.29, 0.717) is 0 Å². The molecule has 0 aromatic carbocycles. The van der Waals surface area contributed by atoms with E-state index in [1.807, 2.05) is 23.6 Å². The number of carbonyl (C=O) groups excluding carboxylic acids is 1. The van der Waals surface area contributed by atoms with E-state index in [1.165, 1.54) is 0 Å². The number of carbonyl (C=O) groups is 1. The lowest BCUT2D eigenvalue weighted by atomic mass is 10.2. The average molecular weight is 196 g/mol. The lowest BCUT2D eigenvalue weighted by Gasteiger charge is -2.18. The van der Waals surface area contributed by atoms with E-state index in [9.17, 15) is 4.79 Å². The highest BCUT2D eigenvalue weighted by molar-refractivity contribution is 5.77. The maximum absolute atomic E-state index is 11.8. The second-order valence-electron chi connectivity index (χ2n) is 3.51. The molecule has 80 valence electrons. The summed E-state index contributed by atoms with van der Waals surface area (Å²) in [5.41, 5.74) is 0. The van der Waals surface area contributed by atoms with Crippen LogP contribution < -0.4 is 0 Å². The van der Waals surface area contributed by atoms with Crippen LogP contribution >= 0.6 is 0 Å². The van der Waals surface area contributed by atoms with Crippen LogP contribution in [0.15, 0.2) is 12.2 Å². The maximum Gasteiger partial charge on any atom is 0.320 e. The van der Waals surface area contributed by atoms with Crippen LogP contribution in [0, 0.1) is 0 Å². The van der Waals surface area contributed by atoms with Crippen molar-refractivity contribution in [2.24, 2.45) is 0 Å². The minimum absolute atomic E-state index is 0.181. The van der Waals surface area contributed by atoms with Gasteiger partial charge in [0.05, 0.1) is 6.04 Å². The standard InChI is InChI=1S/C11H20N2O/c1-4-7-8-10-9-12(5-2)11(14)13(10)6-3/h7-8,10H,4-6,9H2,1-3H3/b8-7+. The van der Waals surface area contributed by atoms with Gasteiger partial charge in [-0.2, -0.15) is 0 Å². The molecule has 1 rings (SSSR count). The Kier molecular flexibility index (Phi) is 3.98. The van der Waals surface area contributed by atoms with Gasteiger partial charge in [-0.3, -0.25) is 0 Å². The molecule has 3 nitrogen and oxygen atoms in total. The molecule has 14 heavy (non-hydrogen) atoms. The number of likely N-dealkylation sites (N-methyl/N-ethyl adjacent to an activating group) is 2. The van der Waals surface area contributed by atoms with E-state index in [-0.39, 0.29) is 12.1 Å². The highest BCUT2D eigenvalue weighted by Gasteiger charge is 2.33. The zero-order valence-electron chi connectivity index (χ0n) is 9.36. The molecule has 1 fully saturated rings. The maximum atomic E-state index is 11.8. The molecule has 1 atom stereocenters. The Hall–Kier alpha value is -0.990. The molecule has 0 aromatic rings. The average Bonchev–Trinajstić information content (AvgIpc) is 2.51. The second-order valence-corrected chi connectivity index (χ2v) is 3.51. The highest BCUT2D eigenvalue weighted by atomic mass is 16.2. The molecular weight excluding hydrogens is 176 g/mol. The SMILES string of the molecule is CC/C=C/C1CN(CC)C(=O)N1CC. The Labute approximate surface area is 86.4 Å². The van der Waals surface area contributed by atoms with E-state index >= 15 is 0 Å². The van der Waals surface area contributed by atoms with Crippen molar-refractivity contribution in [3.8, 4) is 0 Å². The summed E-state index contributed by atoms with van der Waals surface area (Å²) in [5, 5.41) is 0. The Morgan fingerprint density at radius 2 is 2.07 bits per heavy atom. The summed E-state index contributed by atoms with van der Waals surface area (Å²) in [7, 11) is 0. The van der Waals surface area contributed by atoms with Gasteiger partial charge in [0.15, 0.2) is 0 Å². The number of nitrogens with zero attached hydrogens (tertiary/aromatic N) is 2. The molecule has 1 saturated heterocycles. The van der Waals surface area contributed by atoms with E-state index in [2.05, 4.69) is 19.1 Å². The largest absolute Gasteiger partial charge is 0.323 e. The molecule has 1 heterocycles. The number of hydrogen-bond acceptors (Lipinski definition) is 1. The molecular formula is C11H20N2O. The van der Waals surface area contributed by atoms with Crippen LogP contribution in [-0.4, -0.2) is 41.5 Å². The normalized spacial score (nSPS) is 22.8. The van der Waals surface area contributed by atoms with Gasteiger partial charge in [-0.1, -0.05) is 19.1 Å². The first-order chi connectivity index (χ1) is 6.74. The van der Waals surface area contributed by atoms with Crippen molar-refractivity contribution in [3.05, 3.63) is 12.2 Å². The topological polar surface area (TPSA) is 23.6 Å². The first kappa shape index (κ1) is 11.1. The molecule has 0 radical (unpaired) electrons. The molecule has 1 unspecified atom stereocenters. The lowest BCUT2D eigenvalue weighted by Crippen LogP contribution is -2.33. The van der Waals surface area contributed by atoms with Gasteiger partial charge < -0.3 is 9.80 Å². The van der Waals surface area contributed by atoms with E-state index in [0.717, 1.165) is 26.1 Å². The van der Waals surface area contributed by atoms with Crippen LogP contribution in [0.2, 0.25) is 0 Å². The number of amides is 2. The van der Waals surface area contributed by atoms with Gasteiger partial charge >= 0.3 is 6.03 Å². The third-order valence-electron chi connectivity index (χ3n) is 2.64. The Bertz CT molecular complexity index is 225. The summed E-state index contributed by atoms with van der Waals surface area (Å²) >= 11 is 0. The molecule has 1 aliphatic heterocycles. The second kappa shape index (κ2) is 5.03. The zero-order valence-corrected chi connectivity index (χ0v) is 9.36. The minimum atomic E-state index is 0.181. The fourth-order valence-corrected chi connectivity index (χ4v) is 1.82. The molecule has 2 amide bonds. The Morgan fingerprint density at radius 3 is 2.57 bits per heavy atom. The monoisotopic (exact) mass is 196 g/mol. The Balaban J connectivity index is 2.67. The molecule has 1 aliphatic rings. The molecule has 0 N–H and O–H groups in total. The van der Waals surface area contributed by atoms with Crippen LogP contribution in [-0.2, 0) is 0 Å². The van der Waals surface area contributed by atoms with Crippen molar-refractivity contribution in [2.45, 2.75) is 33.2 Å². The number of hydrogen-bond donors (Lipinski definition) is 0. The summed E-state index contributed by atoms with van der Waals surface area (Å²) in [6, 6.07) is 0.466. The van der Waals surface area contributed by atoms with Gasteiger partial charge in [-0.05, 0) is 20.3 Å². The number of urea groups is 1. The van der Waals surface area contributed by atoms with Crippen LogP contribution in [0.3, 0.4) is 0 Å². The minimum Gasteiger partial charge on any atom is -0.323 e. The van der Waals surface area contributed by atoms with Gasteiger partial charge in [-0.25, -0.2) is 4.79 Å². The molecule has 3 heteroatoms. The first-order valence-electron chi connectivity index (χ1n) is 5.46. The molecule has 0 aliphatic carbocycles. The van der Waals surface area contributed by atoms with Crippen molar-refractivity contribution in [1.29, 1.82) is 0 Å². The lowest BCUT2D eigenvalue weighted by molar-refractivity contribution is 0.193. The predicted octanol–water partition coefficient (Wildman–Crippen LogP) is 2.10. The van der Waals surface area contributed by atoms with Crippen molar-refractivity contribution >= 4 is 6.03 Å². The third-order valence-corrected chi connectivity index (χ3v) is 2.64. The summed E-state index contributed by atoms with van der Waals surface area (Å²) in [6.07, 6.45) is 5.32. The van der Waals surface area contributed by atoms with Crippen LogP contribution in [0.1, 0.15) is 27.2 Å². The smallest absolute Gasteiger partial charge is 0.320 e. The van der Waals surface area contributed by atoms with Crippen LogP contribution in [0.4, 0.5) is 4.79 Å². The van der Waals surface area contributed by atoms with Crippen LogP contribution in [0.5, 0.6) is 0 Å². The summed E-state index contributed by atoms with van der Waals surface area (Å²) in [4.78, 5) is 15.6. The van der Waals surface area contributed by atoms with E-state index in [1.54, 1.807) is 0 Å². The van der Waals surface area contributed by atoms with Crippen molar-refractivity contribution in [2.75, 3.05) is 19.6 Å². The summed E-state index contributed by atoms with van der Waals surface area (Å²) < 4.78 is 0. The van der Waals surface area contributed by atoms with E-state index < -0.39 is 0 Å². The van der Waals surface area contributed by atoms with Gasteiger partial charge in [0.2, 0.25) is 0 Å². The van der Waals surface area contributed by atoms with Crippen molar-refractivity contribution < 1.29 is 4.79 Å². The summed E-state index contributed by atoms with van der Waals surface area (Å²) in [5.74, 6) is 0. The van der Waals surface area contributed by atoms with Crippen molar-refractivity contribution in [1.82, 2.24) is 9.80 Å². The quantitative estimate of drug-likeness (QED) is 0.632. The number of allylic oxidation sites excluding steroid dienone is 1. The van der Waals surface area contributed by atoms with E-state index in [4.69, 9.17) is 0 Å². The molecule has 0 bridgehead atoms. The fourth-order valence-electron chi connectivity index (χ4n) is 1.82. The third kappa shape index (κ3) is 2.08. The molecule has 0 aromatic heterocycles. The first-order valence-corrected chi connectivity index (χ1v) is 5.46. The molecule has 0 spiro atoms. The van der Waals surface area contributed by atoms with Gasteiger partial charge in [0.25, 0.3) is 0 Å². The number of rotatable bonds is 4. The molecule has 0 saturated carbocycles. The Morgan fingerprint density at radius 1 is 1.36 bits per heavy atom. The van der Waals surface area contributed by atoms with Crippen LogP contribution in [0.25, 0.3) is 0 Å². The van der Waals surface area contributed by atoms with Gasteiger partial charge in [0, 0.05) is 19.6 Å². The van der Waals surface area contributed by atoms with Gasteiger partial charge in [0.1, 0.15) is 0 Å². The predicted molar refractivity (Wildman–Crippen MR) is 58.2 cm³/mol.